The zero-order valence-electron chi connectivity index (χ0n) is 10.3. The predicted molar refractivity (Wildman–Crippen MR) is 72.3 cm³/mol. The molecule has 0 saturated heterocycles. The Morgan fingerprint density at radius 2 is 2.12 bits per heavy atom. The van der Waals surface area contributed by atoms with Gasteiger partial charge in [0, 0.05) is 17.1 Å². The Bertz CT molecular complexity index is 386. The molecule has 0 aromatic heterocycles. The highest BCUT2D eigenvalue weighted by Crippen LogP contribution is 2.33. The van der Waals surface area contributed by atoms with E-state index in [1.807, 2.05) is 0 Å². The van der Waals surface area contributed by atoms with Crippen molar-refractivity contribution in [2.45, 2.75) is 39.3 Å². The van der Waals surface area contributed by atoms with Crippen molar-refractivity contribution in [2.75, 3.05) is 0 Å². The smallest absolute Gasteiger partial charge is 0.123 e. The van der Waals surface area contributed by atoms with Crippen LogP contribution in [0, 0.1) is 17.7 Å². The molecule has 0 heterocycles. The summed E-state index contributed by atoms with van der Waals surface area (Å²) in [6, 6.07) is 5.45. The molecule has 1 aliphatic rings. The van der Waals surface area contributed by atoms with Crippen LogP contribution in [-0.2, 0) is 6.54 Å². The maximum Gasteiger partial charge on any atom is 0.123 e. The molecular formula is C14H19BrFN. The molecule has 0 aliphatic heterocycles. The Hall–Kier alpha value is -0.410. The highest BCUT2D eigenvalue weighted by atomic mass is 79.9. The van der Waals surface area contributed by atoms with E-state index in [0.717, 1.165) is 28.4 Å². The largest absolute Gasteiger partial charge is 0.310 e. The van der Waals surface area contributed by atoms with Gasteiger partial charge in [-0.05, 0) is 48.4 Å². The van der Waals surface area contributed by atoms with Gasteiger partial charge in [0.2, 0.25) is 0 Å². The lowest BCUT2D eigenvalue weighted by atomic mass is 9.73. The summed E-state index contributed by atoms with van der Waals surface area (Å²) in [5, 5.41) is 3.49. The Balaban J connectivity index is 1.81. The van der Waals surface area contributed by atoms with Crippen LogP contribution in [0.4, 0.5) is 4.39 Å². The van der Waals surface area contributed by atoms with Gasteiger partial charge in [-0.15, -0.1) is 0 Å². The van der Waals surface area contributed by atoms with Crippen LogP contribution < -0.4 is 5.32 Å². The zero-order chi connectivity index (χ0) is 12.4. The SMILES string of the molecule is CC(C)C1CC(NCc2cc(F)ccc2Br)C1. The first kappa shape index (κ1) is 13.0. The molecular weight excluding hydrogens is 281 g/mol. The van der Waals surface area contributed by atoms with Gasteiger partial charge < -0.3 is 5.32 Å². The normalized spacial score (nSPS) is 23.8. The first-order valence-electron chi connectivity index (χ1n) is 6.23. The van der Waals surface area contributed by atoms with E-state index < -0.39 is 0 Å². The molecule has 1 nitrogen and oxygen atoms in total. The second-order valence-electron chi connectivity index (χ2n) is 5.29. The van der Waals surface area contributed by atoms with Crippen LogP contribution in [-0.4, -0.2) is 6.04 Å². The summed E-state index contributed by atoms with van der Waals surface area (Å²) >= 11 is 3.45. The first-order chi connectivity index (χ1) is 8.06. The Morgan fingerprint density at radius 1 is 1.41 bits per heavy atom. The van der Waals surface area contributed by atoms with E-state index in [2.05, 4.69) is 35.1 Å². The lowest BCUT2D eigenvalue weighted by molar-refractivity contribution is 0.167. The minimum atomic E-state index is -0.168. The third-order valence-electron chi connectivity index (χ3n) is 3.71. The highest BCUT2D eigenvalue weighted by Gasteiger charge is 2.30. The van der Waals surface area contributed by atoms with Crippen molar-refractivity contribution >= 4 is 15.9 Å². The minimum Gasteiger partial charge on any atom is -0.310 e. The minimum absolute atomic E-state index is 0.168. The molecule has 0 radical (unpaired) electrons. The van der Waals surface area contributed by atoms with Crippen LogP contribution in [0.2, 0.25) is 0 Å². The van der Waals surface area contributed by atoms with E-state index in [4.69, 9.17) is 0 Å². The van der Waals surface area contributed by atoms with Gasteiger partial charge in [-0.25, -0.2) is 4.39 Å². The van der Waals surface area contributed by atoms with Gasteiger partial charge in [-0.1, -0.05) is 29.8 Å². The Kier molecular flexibility index (Phi) is 4.21. The first-order valence-corrected chi connectivity index (χ1v) is 7.03. The average molecular weight is 300 g/mol. The molecule has 0 unspecified atom stereocenters. The second kappa shape index (κ2) is 5.49. The summed E-state index contributed by atoms with van der Waals surface area (Å²) < 4.78 is 14.1. The van der Waals surface area contributed by atoms with Crippen molar-refractivity contribution in [3.05, 3.63) is 34.1 Å². The van der Waals surface area contributed by atoms with Crippen molar-refractivity contribution in [1.29, 1.82) is 0 Å². The van der Waals surface area contributed by atoms with Gasteiger partial charge in [-0.2, -0.15) is 0 Å². The van der Waals surface area contributed by atoms with E-state index >= 15 is 0 Å². The van der Waals surface area contributed by atoms with Crippen molar-refractivity contribution in [3.8, 4) is 0 Å². The maximum atomic E-state index is 13.1. The van der Waals surface area contributed by atoms with Crippen molar-refractivity contribution < 1.29 is 4.39 Å². The molecule has 1 saturated carbocycles. The predicted octanol–water partition coefficient (Wildman–Crippen LogP) is 4.11. The van der Waals surface area contributed by atoms with Crippen molar-refractivity contribution in [1.82, 2.24) is 5.32 Å². The Morgan fingerprint density at radius 3 is 2.76 bits per heavy atom. The third kappa shape index (κ3) is 3.29. The Labute approximate surface area is 111 Å². The quantitative estimate of drug-likeness (QED) is 0.882. The second-order valence-corrected chi connectivity index (χ2v) is 6.14. The molecule has 0 atom stereocenters. The van der Waals surface area contributed by atoms with E-state index in [1.165, 1.54) is 18.9 Å². The third-order valence-corrected chi connectivity index (χ3v) is 4.48. The lowest BCUT2D eigenvalue weighted by Gasteiger charge is -2.38. The summed E-state index contributed by atoms with van der Waals surface area (Å²) in [6.07, 6.45) is 2.51. The van der Waals surface area contributed by atoms with Crippen LogP contribution in [0.25, 0.3) is 0 Å². The summed E-state index contributed by atoms with van der Waals surface area (Å²) in [5.41, 5.74) is 0.998. The summed E-state index contributed by atoms with van der Waals surface area (Å²) in [7, 11) is 0. The van der Waals surface area contributed by atoms with Gasteiger partial charge in [0.25, 0.3) is 0 Å². The number of hydrogen-bond donors (Lipinski definition) is 1. The van der Waals surface area contributed by atoms with E-state index in [-0.39, 0.29) is 5.82 Å². The van der Waals surface area contributed by atoms with Gasteiger partial charge >= 0.3 is 0 Å². The number of nitrogens with one attached hydrogen (secondary N) is 1. The number of halogens is 2. The van der Waals surface area contributed by atoms with Gasteiger partial charge in [0.05, 0.1) is 0 Å². The standard InChI is InChI=1S/C14H19BrFN/c1-9(2)10-6-13(7-10)17-8-11-5-12(16)3-4-14(11)15/h3-5,9-10,13,17H,6-8H2,1-2H3. The molecule has 1 fully saturated rings. The summed E-state index contributed by atoms with van der Waals surface area (Å²) in [6.45, 7) is 5.31. The molecule has 1 aliphatic carbocycles. The van der Waals surface area contributed by atoms with Crippen LogP contribution in [0.1, 0.15) is 32.3 Å². The fourth-order valence-corrected chi connectivity index (χ4v) is 2.69. The molecule has 1 aromatic carbocycles. The molecule has 0 spiro atoms. The fourth-order valence-electron chi connectivity index (χ4n) is 2.31. The molecule has 2 rings (SSSR count). The van der Waals surface area contributed by atoms with Gasteiger partial charge in [-0.3, -0.25) is 0 Å². The molecule has 3 heteroatoms. The molecule has 0 bridgehead atoms. The van der Waals surface area contributed by atoms with Crippen LogP contribution in [0.3, 0.4) is 0 Å². The molecule has 94 valence electrons. The average Bonchev–Trinajstić information content (AvgIpc) is 2.20. The van der Waals surface area contributed by atoms with Crippen molar-refractivity contribution in [3.63, 3.8) is 0 Å². The molecule has 17 heavy (non-hydrogen) atoms. The maximum absolute atomic E-state index is 13.1. The highest BCUT2D eigenvalue weighted by molar-refractivity contribution is 9.10. The van der Waals surface area contributed by atoms with Crippen LogP contribution >= 0.6 is 15.9 Å². The van der Waals surface area contributed by atoms with E-state index in [0.29, 0.717) is 6.04 Å². The van der Waals surface area contributed by atoms with Crippen LogP contribution in [0.5, 0.6) is 0 Å². The lowest BCUT2D eigenvalue weighted by Crippen LogP contribution is -2.42. The fraction of sp³-hybridized carbons (Fsp3) is 0.571. The summed E-state index contributed by atoms with van der Waals surface area (Å²) in [4.78, 5) is 0. The van der Waals surface area contributed by atoms with Gasteiger partial charge in [0.1, 0.15) is 5.82 Å². The molecule has 1 aromatic rings. The van der Waals surface area contributed by atoms with Crippen molar-refractivity contribution in [2.24, 2.45) is 11.8 Å². The monoisotopic (exact) mass is 299 g/mol. The number of hydrogen-bond acceptors (Lipinski definition) is 1. The number of rotatable bonds is 4. The molecule has 0 amide bonds. The topological polar surface area (TPSA) is 12.0 Å². The summed E-state index contributed by atoms with van der Waals surface area (Å²) in [5.74, 6) is 1.48. The van der Waals surface area contributed by atoms with E-state index in [1.54, 1.807) is 12.1 Å². The zero-order valence-corrected chi connectivity index (χ0v) is 11.9. The number of benzene rings is 1. The van der Waals surface area contributed by atoms with Crippen LogP contribution in [0.15, 0.2) is 22.7 Å². The van der Waals surface area contributed by atoms with E-state index in [9.17, 15) is 4.39 Å². The molecule has 1 N–H and O–H groups in total. The van der Waals surface area contributed by atoms with Gasteiger partial charge in [0.15, 0.2) is 0 Å².